The van der Waals surface area contributed by atoms with E-state index in [0.717, 1.165) is 12.7 Å². The van der Waals surface area contributed by atoms with Gasteiger partial charge in [-0.15, -0.1) is 0 Å². The predicted octanol–water partition coefficient (Wildman–Crippen LogP) is 0.547. The summed E-state index contributed by atoms with van der Waals surface area (Å²) in [6, 6.07) is -0.584. The Morgan fingerprint density at radius 3 is 2.48 bits per heavy atom. The normalized spacial score (nSPS) is 19.4. The van der Waals surface area contributed by atoms with Crippen molar-refractivity contribution in [3.05, 3.63) is 0 Å². The van der Waals surface area contributed by atoms with Gasteiger partial charge in [-0.2, -0.15) is 0 Å². The highest BCUT2D eigenvalue weighted by molar-refractivity contribution is 7.90. The molecule has 2 amide bonds. The van der Waals surface area contributed by atoms with E-state index in [9.17, 15) is 18.0 Å². The van der Waals surface area contributed by atoms with Gasteiger partial charge in [0.25, 0.3) is 0 Å². The van der Waals surface area contributed by atoms with Crippen LogP contribution in [0.3, 0.4) is 0 Å². The highest BCUT2D eigenvalue weighted by atomic mass is 32.2. The summed E-state index contributed by atoms with van der Waals surface area (Å²) in [4.78, 5) is 25.5. The summed E-state index contributed by atoms with van der Waals surface area (Å²) in [7, 11) is -3.12. The zero-order valence-corrected chi connectivity index (χ0v) is 13.8. The van der Waals surface area contributed by atoms with Gasteiger partial charge in [-0.05, 0) is 33.6 Å². The summed E-state index contributed by atoms with van der Waals surface area (Å²) in [6.07, 6.45) is 1.89. The van der Waals surface area contributed by atoms with Crippen molar-refractivity contribution in [1.82, 2.24) is 10.2 Å². The molecule has 0 aromatic carbocycles. The number of carbonyl (C=O) groups is 2. The molecule has 1 aliphatic rings. The Balaban J connectivity index is 2.56. The van der Waals surface area contributed by atoms with Crippen LogP contribution in [0.15, 0.2) is 0 Å². The van der Waals surface area contributed by atoms with Crippen LogP contribution < -0.4 is 5.32 Å². The van der Waals surface area contributed by atoms with Crippen LogP contribution in [0.2, 0.25) is 0 Å². The van der Waals surface area contributed by atoms with Crippen molar-refractivity contribution in [2.45, 2.75) is 45.3 Å². The lowest BCUT2D eigenvalue weighted by Gasteiger charge is -2.28. The van der Waals surface area contributed by atoms with Crippen molar-refractivity contribution in [1.29, 1.82) is 0 Å². The summed E-state index contributed by atoms with van der Waals surface area (Å²) in [5, 5.41) is 2.56. The molecule has 0 aromatic heterocycles. The molecule has 7 nitrogen and oxygen atoms in total. The van der Waals surface area contributed by atoms with E-state index in [1.807, 2.05) is 0 Å². The van der Waals surface area contributed by atoms with E-state index in [0.29, 0.717) is 13.0 Å². The minimum absolute atomic E-state index is 0.0519. The number of hydrogen-bond donors (Lipinski definition) is 1. The number of nitrogens with zero attached hydrogens (tertiary/aromatic N) is 1. The lowest BCUT2D eigenvalue weighted by Crippen LogP contribution is -2.48. The topological polar surface area (TPSA) is 92.8 Å². The lowest BCUT2D eigenvalue weighted by atomic mass is 10.2. The molecule has 0 spiro atoms. The summed E-state index contributed by atoms with van der Waals surface area (Å²) in [5.41, 5.74) is -0.614. The smallest absolute Gasteiger partial charge is 0.410 e. The van der Waals surface area contributed by atoms with E-state index in [-0.39, 0.29) is 18.2 Å². The Morgan fingerprint density at radius 2 is 1.95 bits per heavy atom. The molecule has 1 fully saturated rings. The largest absolute Gasteiger partial charge is 0.444 e. The van der Waals surface area contributed by atoms with Crippen LogP contribution in [0.5, 0.6) is 0 Å². The Bertz CT molecular complexity index is 495. The first-order chi connectivity index (χ1) is 9.49. The van der Waals surface area contributed by atoms with Crippen LogP contribution in [0.1, 0.15) is 33.6 Å². The summed E-state index contributed by atoms with van der Waals surface area (Å²) in [5.74, 6) is -0.445. The summed E-state index contributed by atoms with van der Waals surface area (Å²) < 4.78 is 27.3. The highest BCUT2D eigenvalue weighted by Crippen LogP contribution is 2.20. The zero-order valence-electron chi connectivity index (χ0n) is 13.0. The molecule has 8 heteroatoms. The minimum Gasteiger partial charge on any atom is -0.444 e. The second-order valence-corrected chi connectivity index (χ2v) is 8.51. The Labute approximate surface area is 125 Å². The van der Waals surface area contributed by atoms with Crippen molar-refractivity contribution >= 4 is 21.8 Å². The zero-order chi connectivity index (χ0) is 16.3. The molecule has 0 bridgehead atoms. The average molecular weight is 320 g/mol. The highest BCUT2D eigenvalue weighted by Gasteiger charge is 2.36. The second-order valence-electron chi connectivity index (χ2n) is 6.25. The molecule has 1 aliphatic heterocycles. The summed E-state index contributed by atoms with van der Waals surface area (Å²) >= 11 is 0. The fourth-order valence-corrected chi connectivity index (χ4v) is 2.53. The molecular formula is C13H24N2O5S. The molecule has 0 aromatic rings. The van der Waals surface area contributed by atoms with Crippen LogP contribution in [0.4, 0.5) is 4.79 Å². The maximum absolute atomic E-state index is 12.1. The average Bonchev–Trinajstić information content (AvgIpc) is 2.73. The molecule has 1 saturated heterocycles. The number of nitrogens with one attached hydrogen (secondary N) is 1. The SMILES string of the molecule is CC(C)(C)OC(=O)N1CCC[C@H]1C(=O)NCCS(C)(=O)=O. The van der Waals surface area contributed by atoms with E-state index < -0.39 is 27.6 Å². The first kappa shape index (κ1) is 17.7. The molecule has 1 rings (SSSR count). The first-order valence-corrected chi connectivity index (χ1v) is 9.01. The summed E-state index contributed by atoms with van der Waals surface area (Å²) in [6.45, 7) is 5.82. The van der Waals surface area contributed by atoms with Crippen LogP contribution in [0, 0.1) is 0 Å². The monoisotopic (exact) mass is 320 g/mol. The fraction of sp³-hybridized carbons (Fsp3) is 0.846. The van der Waals surface area contributed by atoms with Crippen LogP contribution in [-0.4, -0.2) is 62.1 Å². The van der Waals surface area contributed by atoms with Crippen molar-refractivity contribution in [3.63, 3.8) is 0 Å². The standard InChI is InChI=1S/C13H24N2O5S/c1-13(2,3)20-12(17)15-8-5-6-10(15)11(16)14-7-9-21(4,18)19/h10H,5-9H2,1-4H3,(H,14,16)/t10-/m0/s1. The van der Waals surface area contributed by atoms with E-state index in [1.165, 1.54) is 4.90 Å². The molecule has 1 heterocycles. The third-order valence-corrected chi connectivity index (χ3v) is 3.90. The number of sulfone groups is 1. The van der Waals surface area contributed by atoms with Gasteiger partial charge in [0, 0.05) is 19.3 Å². The van der Waals surface area contributed by atoms with E-state index in [1.54, 1.807) is 20.8 Å². The van der Waals surface area contributed by atoms with Crippen molar-refractivity contribution in [3.8, 4) is 0 Å². The molecule has 0 radical (unpaired) electrons. The number of ether oxygens (including phenoxy) is 1. The number of hydrogen-bond acceptors (Lipinski definition) is 5. The number of carbonyl (C=O) groups excluding carboxylic acids is 2. The Hall–Kier alpha value is -1.31. The van der Waals surface area contributed by atoms with Gasteiger partial charge in [0.2, 0.25) is 5.91 Å². The van der Waals surface area contributed by atoms with Gasteiger partial charge in [-0.25, -0.2) is 13.2 Å². The van der Waals surface area contributed by atoms with Crippen LogP contribution >= 0.6 is 0 Å². The van der Waals surface area contributed by atoms with Gasteiger partial charge in [0.15, 0.2) is 0 Å². The maximum Gasteiger partial charge on any atom is 0.410 e. The molecule has 0 unspecified atom stereocenters. The number of rotatable bonds is 4. The predicted molar refractivity (Wildman–Crippen MR) is 78.7 cm³/mol. The van der Waals surface area contributed by atoms with Gasteiger partial charge in [0.1, 0.15) is 21.5 Å². The first-order valence-electron chi connectivity index (χ1n) is 6.95. The molecule has 1 atom stereocenters. The van der Waals surface area contributed by atoms with Gasteiger partial charge in [0.05, 0.1) is 5.75 Å². The van der Waals surface area contributed by atoms with Gasteiger partial charge < -0.3 is 10.1 Å². The maximum atomic E-state index is 12.1. The molecule has 0 aliphatic carbocycles. The van der Waals surface area contributed by atoms with Gasteiger partial charge >= 0.3 is 6.09 Å². The van der Waals surface area contributed by atoms with Crippen LogP contribution in [-0.2, 0) is 19.4 Å². The Kier molecular flexibility index (Phi) is 5.61. The van der Waals surface area contributed by atoms with Crippen LogP contribution in [0.25, 0.3) is 0 Å². The molecule has 0 saturated carbocycles. The van der Waals surface area contributed by atoms with E-state index >= 15 is 0 Å². The minimum atomic E-state index is -3.12. The number of likely N-dealkylation sites (tertiary alicyclic amines) is 1. The third-order valence-electron chi connectivity index (χ3n) is 2.96. The molecule has 21 heavy (non-hydrogen) atoms. The van der Waals surface area contributed by atoms with Gasteiger partial charge in [-0.3, -0.25) is 9.69 Å². The molecule has 1 N–H and O–H groups in total. The Morgan fingerprint density at radius 1 is 1.33 bits per heavy atom. The van der Waals surface area contributed by atoms with Crippen molar-refractivity contribution in [2.75, 3.05) is 25.1 Å². The quantitative estimate of drug-likeness (QED) is 0.816. The third kappa shape index (κ3) is 6.33. The van der Waals surface area contributed by atoms with Crippen molar-refractivity contribution < 1.29 is 22.7 Å². The van der Waals surface area contributed by atoms with Gasteiger partial charge in [-0.1, -0.05) is 0 Å². The fourth-order valence-electron chi connectivity index (χ4n) is 2.06. The number of amides is 2. The molecular weight excluding hydrogens is 296 g/mol. The lowest BCUT2D eigenvalue weighted by molar-refractivity contribution is -0.125. The van der Waals surface area contributed by atoms with E-state index in [4.69, 9.17) is 4.74 Å². The van der Waals surface area contributed by atoms with Crippen molar-refractivity contribution in [2.24, 2.45) is 0 Å². The molecule has 122 valence electrons. The second kappa shape index (κ2) is 6.64. The van der Waals surface area contributed by atoms with E-state index in [2.05, 4.69) is 5.32 Å².